The number of ether oxygens (including phenoxy) is 2. The molecule has 0 spiro atoms. The summed E-state index contributed by atoms with van der Waals surface area (Å²) in [6.45, 7) is 1.31. The number of aliphatic hydroxyl groups is 2. The molecule has 0 bridgehead atoms. The Bertz CT molecular complexity index is 756. The smallest absolute Gasteiger partial charge is 0.280 e. The molecule has 0 unspecified atom stereocenters. The van der Waals surface area contributed by atoms with Crippen molar-refractivity contribution >= 4 is 17.1 Å². The largest absolute Gasteiger partial charge is 0.394 e. The van der Waals surface area contributed by atoms with E-state index >= 15 is 0 Å². The van der Waals surface area contributed by atoms with Gasteiger partial charge >= 0.3 is 0 Å². The molecule has 10 heteroatoms. The maximum Gasteiger partial charge on any atom is 0.280 e. The van der Waals surface area contributed by atoms with Crippen molar-refractivity contribution in [3.63, 3.8) is 0 Å². The summed E-state index contributed by atoms with van der Waals surface area (Å²) in [7, 11) is 1.42. The third-order valence-corrected chi connectivity index (χ3v) is 3.76. The van der Waals surface area contributed by atoms with Gasteiger partial charge in [-0.2, -0.15) is 4.98 Å². The van der Waals surface area contributed by atoms with Crippen LogP contribution in [0.15, 0.2) is 4.79 Å². The van der Waals surface area contributed by atoms with E-state index in [0.717, 1.165) is 0 Å². The minimum Gasteiger partial charge on any atom is -0.394 e. The summed E-state index contributed by atoms with van der Waals surface area (Å²) in [5, 5.41) is 19.4. The minimum absolute atomic E-state index is 0.0510. The Morgan fingerprint density at radius 3 is 2.86 bits per heavy atom. The molecule has 2 aromatic rings. The molecule has 120 valence electrons. The zero-order valence-electron chi connectivity index (χ0n) is 12.1. The summed E-state index contributed by atoms with van der Waals surface area (Å²) in [5.74, 6) is 0.404. The Labute approximate surface area is 124 Å². The SMILES string of the molecule is CO[C@@H]1[C@H](O)[C@@H](CO)O[C@H]1n1c(C)nc2c(=O)[nH]c(N)nc21. The van der Waals surface area contributed by atoms with Crippen LogP contribution in [-0.2, 0) is 9.47 Å². The zero-order valence-corrected chi connectivity index (χ0v) is 12.1. The number of nitrogen functional groups attached to an aromatic ring is 1. The molecule has 2 aromatic heterocycles. The van der Waals surface area contributed by atoms with Crippen LogP contribution in [0.2, 0.25) is 0 Å². The lowest BCUT2D eigenvalue weighted by Gasteiger charge is -2.21. The predicted octanol–water partition coefficient (Wildman–Crippen LogP) is -1.72. The van der Waals surface area contributed by atoms with Crippen LogP contribution in [-0.4, -0.2) is 61.8 Å². The van der Waals surface area contributed by atoms with E-state index < -0.39 is 30.1 Å². The minimum atomic E-state index is -1.02. The van der Waals surface area contributed by atoms with Gasteiger partial charge in [-0.1, -0.05) is 0 Å². The number of aryl methyl sites for hydroxylation is 1. The van der Waals surface area contributed by atoms with Gasteiger partial charge in [0.2, 0.25) is 5.95 Å². The van der Waals surface area contributed by atoms with Gasteiger partial charge < -0.3 is 25.4 Å². The molecule has 4 atom stereocenters. The van der Waals surface area contributed by atoms with Gasteiger partial charge in [-0.25, -0.2) is 4.98 Å². The Kier molecular flexibility index (Phi) is 3.60. The quantitative estimate of drug-likeness (QED) is 0.523. The van der Waals surface area contributed by atoms with Crippen molar-refractivity contribution < 1.29 is 19.7 Å². The van der Waals surface area contributed by atoms with Crippen LogP contribution in [0.5, 0.6) is 0 Å². The van der Waals surface area contributed by atoms with E-state index in [9.17, 15) is 15.0 Å². The second kappa shape index (κ2) is 5.32. The highest BCUT2D eigenvalue weighted by atomic mass is 16.6. The van der Waals surface area contributed by atoms with Crippen molar-refractivity contribution in [1.29, 1.82) is 0 Å². The van der Waals surface area contributed by atoms with Crippen LogP contribution < -0.4 is 11.3 Å². The highest BCUT2D eigenvalue weighted by Crippen LogP contribution is 2.33. The summed E-state index contributed by atoms with van der Waals surface area (Å²) < 4.78 is 12.5. The molecule has 0 aliphatic carbocycles. The van der Waals surface area contributed by atoms with Gasteiger partial charge in [-0.05, 0) is 6.92 Å². The molecule has 10 nitrogen and oxygen atoms in total. The molecule has 3 rings (SSSR count). The number of H-pyrrole nitrogens is 1. The standard InChI is InChI=1S/C12H17N5O5/c1-4-14-6-9(15-12(13)16-10(6)20)17(4)11-8(21-2)7(19)5(3-18)22-11/h5,7-8,11,18-19H,3H2,1-2H3,(H3,13,15,16,20)/t5-,7-,8-,11-/m1/s1. The number of hydrogen-bond acceptors (Lipinski definition) is 8. The molecule has 22 heavy (non-hydrogen) atoms. The number of aromatic nitrogens is 4. The predicted molar refractivity (Wildman–Crippen MR) is 75.1 cm³/mol. The Balaban J connectivity index is 2.17. The molecule has 3 heterocycles. The van der Waals surface area contributed by atoms with Crippen LogP contribution in [0.4, 0.5) is 5.95 Å². The second-order valence-electron chi connectivity index (χ2n) is 5.09. The molecule has 0 saturated carbocycles. The van der Waals surface area contributed by atoms with Crippen LogP contribution in [0.1, 0.15) is 12.1 Å². The van der Waals surface area contributed by atoms with Crippen molar-refractivity contribution in [3.05, 3.63) is 16.2 Å². The van der Waals surface area contributed by atoms with Gasteiger partial charge in [-0.3, -0.25) is 14.3 Å². The van der Waals surface area contributed by atoms with E-state index in [4.69, 9.17) is 15.2 Å². The Hall–Kier alpha value is -2.01. The van der Waals surface area contributed by atoms with E-state index in [1.54, 1.807) is 6.92 Å². The van der Waals surface area contributed by atoms with Crippen molar-refractivity contribution in [3.8, 4) is 0 Å². The van der Waals surface area contributed by atoms with Gasteiger partial charge in [0.15, 0.2) is 17.4 Å². The van der Waals surface area contributed by atoms with Crippen LogP contribution in [0, 0.1) is 6.92 Å². The molecule has 1 fully saturated rings. The highest BCUT2D eigenvalue weighted by molar-refractivity contribution is 5.71. The van der Waals surface area contributed by atoms with E-state index in [1.165, 1.54) is 11.7 Å². The number of imidazole rings is 1. The number of anilines is 1. The van der Waals surface area contributed by atoms with E-state index in [0.29, 0.717) is 5.82 Å². The third-order valence-electron chi connectivity index (χ3n) is 3.76. The van der Waals surface area contributed by atoms with E-state index in [2.05, 4.69) is 15.0 Å². The molecule has 0 radical (unpaired) electrons. The number of nitrogens with zero attached hydrogens (tertiary/aromatic N) is 3. The van der Waals surface area contributed by atoms with Crippen molar-refractivity contribution in [2.75, 3.05) is 19.5 Å². The van der Waals surface area contributed by atoms with Crippen LogP contribution in [0.3, 0.4) is 0 Å². The Morgan fingerprint density at radius 1 is 1.50 bits per heavy atom. The fourth-order valence-corrected chi connectivity index (χ4v) is 2.75. The first-order chi connectivity index (χ1) is 10.5. The first-order valence-electron chi connectivity index (χ1n) is 6.69. The van der Waals surface area contributed by atoms with Crippen molar-refractivity contribution in [2.24, 2.45) is 0 Å². The maximum absolute atomic E-state index is 11.9. The van der Waals surface area contributed by atoms with Crippen molar-refractivity contribution in [2.45, 2.75) is 31.5 Å². The van der Waals surface area contributed by atoms with Crippen LogP contribution in [0.25, 0.3) is 11.2 Å². The molecule has 5 N–H and O–H groups in total. The molecular weight excluding hydrogens is 294 g/mol. The average molecular weight is 311 g/mol. The Morgan fingerprint density at radius 2 is 2.23 bits per heavy atom. The maximum atomic E-state index is 11.9. The first kappa shape index (κ1) is 14.9. The summed E-state index contributed by atoms with van der Waals surface area (Å²) >= 11 is 0. The van der Waals surface area contributed by atoms with Gasteiger partial charge in [0.25, 0.3) is 5.56 Å². The third kappa shape index (κ3) is 2.08. The summed E-state index contributed by atoms with van der Waals surface area (Å²) in [6.07, 6.45) is -3.34. The fourth-order valence-electron chi connectivity index (χ4n) is 2.75. The molecule has 0 aromatic carbocycles. The number of fused-ring (bicyclic) bond motifs is 1. The number of nitrogens with two attached hydrogens (primary N) is 1. The molecule has 1 aliphatic heterocycles. The van der Waals surface area contributed by atoms with Gasteiger partial charge in [-0.15, -0.1) is 0 Å². The number of nitrogens with one attached hydrogen (secondary N) is 1. The molecule has 1 saturated heterocycles. The monoisotopic (exact) mass is 311 g/mol. The molecule has 1 aliphatic rings. The van der Waals surface area contributed by atoms with Gasteiger partial charge in [0.1, 0.15) is 24.1 Å². The topological polar surface area (TPSA) is 149 Å². The summed E-state index contributed by atoms with van der Waals surface area (Å²) in [5.41, 5.74) is 5.47. The summed E-state index contributed by atoms with van der Waals surface area (Å²) in [6, 6.07) is 0. The number of aliphatic hydroxyl groups excluding tert-OH is 2. The average Bonchev–Trinajstić information content (AvgIpc) is 2.95. The zero-order chi connectivity index (χ0) is 16.0. The molecule has 0 amide bonds. The second-order valence-corrected chi connectivity index (χ2v) is 5.09. The van der Waals surface area contributed by atoms with Gasteiger partial charge in [0, 0.05) is 7.11 Å². The van der Waals surface area contributed by atoms with E-state index in [1.807, 2.05) is 0 Å². The van der Waals surface area contributed by atoms with Gasteiger partial charge in [0.05, 0.1) is 6.61 Å². The summed E-state index contributed by atoms with van der Waals surface area (Å²) in [4.78, 5) is 22.5. The number of hydrogen-bond donors (Lipinski definition) is 4. The lowest BCUT2D eigenvalue weighted by molar-refractivity contribution is -0.0592. The van der Waals surface area contributed by atoms with Crippen molar-refractivity contribution in [1.82, 2.24) is 19.5 Å². The first-order valence-corrected chi connectivity index (χ1v) is 6.69. The lowest BCUT2D eigenvalue weighted by Crippen LogP contribution is -2.34. The van der Waals surface area contributed by atoms with Crippen LogP contribution >= 0.6 is 0 Å². The highest BCUT2D eigenvalue weighted by Gasteiger charge is 2.45. The lowest BCUT2D eigenvalue weighted by atomic mass is 10.1. The number of aromatic amines is 1. The fraction of sp³-hybridized carbons (Fsp3) is 0.583. The molecular formula is C12H17N5O5. The number of methoxy groups -OCH3 is 1. The normalized spacial score (nSPS) is 28.5. The number of rotatable bonds is 3. The van der Waals surface area contributed by atoms with E-state index in [-0.39, 0.29) is 23.7 Å².